The van der Waals surface area contributed by atoms with Crippen LogP contribution in [0.1, 0.15) is 30.5 Å². The summed E-state index contributed by atoms with van der Waals surface area (Å²) in [6, 6.07) is 32.2. The maximum Gasteiger partial charge on any atom is 0.0652 e. The fraction of sp³-hybridized carbons (Fsp3) is 0.138. The Balaban J connectivity index is 1.54. The average Bonchev–Trinajstić information content (AvgIpc) is 3.23. The van der Waals surface area contributed by atoms with Crippen LogP contribution in [0.15, 0.2) is 96.1 Å². The van der Waals surface area contributed by atoms with Crippen molar-refractivity contribution in [3.63, 3.8) is 0 Å². The van der Waals surface area contributed by atoms with Crippen LogP contribution in [-0.4, -0.2) is 11.2 Å². The molecular weight excluding hydrogens is 390 g/mol. The Kier molecular flexibility index (Phi) is 5.47. The van der Waals surface area contributed by atoms with Crippen molar-refractivity contribution in [2.24, 2.45) is 5.10 Å². The van der Waals surface area contributed by atoms with Crippen LogP contribution in [0.25, 0.3) is 21.8 Å². The summed E-state index contributed by atoms with van der Waals surface area (Å²) in [6.07, 6.45) is 4.00. The number of hydrogen-bond donors (Lipinski definition) is 1. The van der Waals surface area contributed by atoms with Crippen LogP contribution in [-0.2, 0) is 12.8 Å². The summed E-state index contributed by atoms with van der Waals surface area (Å²) in [5, 5.41) is 9.38. The lowest BCUT2D eigenvalue weighted by atomic mass is 10.1. The highest BCUT2D eigenvalue weighted by Crippen LogP contribution is 2.28. The number of hydrazone groups is 1. The molecule has 1 N–H and O–H groups in total. The van der Waals surface area contributed by atoms with Crippen LogP contribution >= 0.6 is 0 Å². The summed E-state index contributed by atoms with van der Waals surface area (Å²) in [6.45, 7) is 4.35. The standard InChI is InChI=1S/C29H27N3/c1-3-21-9-14-24(15-10-21)32(25-16-11-22(4-2)12-17-25)30-20-23-13-18-29-27(19-23)26-7-5-6-8-28(26)31-29/h5-20,31H,3-4H2,1-2H3. The minimum Gasteiger partial charge on any atom is -0.355 e. The Bertz CT molecular complexity index is 1330. The second-order valence-corrected chi connectivity index (χ2v) is 8.07. The minimum absolute atomic E-state index is 1.03. The number of fused-ring (bicyclic) bond motifs is 3. The number of nitrogens with zero attached hydrogens (tertiary/aromatic N) is 2. The van der Waals surface area contributed by atoms with Gasteiger partial charge in [0.15, 0.2) is 0 Å². The van der Waals surface area contributed by atoms with Gasteiger partial charge in [0.05, 0.1) is 17.6 Å². The first-order valence-electron chi connectivity index (χ1n) is 11.3. The third-order valence-corrected chi connectivity index (χ3v) is 6.03. The topological polar surface area (TPSA) is 31.4 Å². The zero-order valence-corrected chi connectivity index (χ0v) is 18.5. The zero-order chi connectivity index (χ0) is 21.9. The van der Waals surface area contributed by atoms with Crippen molar-refractivity contribution in [2.75, 3.05) is 5.01 Å². The van der Waals surface area contributed by atoms with E-state index < -0.39 is 0 Å². The van der Waals surface area contributed by atoms with E-state index >= 15 is 0 Å². The second kappa shape index (κ2) is 8.72. The van der Waals surface area contributed by atoms with E-state index in [2.05, 4.69) is 110 Å². The number of hydrogen-bond acceptors (Lipinski definition) is 2. The molecule has 0 atom stereocenters. The Morgan fingerprint density at radius 3 is 1.91 bits per heavy atom. The molecule has 0 saturated carbocycles. The van der Waals surface area contributed by atoms with Gasteiger partial charge >= 0.3 is 0 Å². The van der Waals surface area contributed by atoms with Crippen LogP contribution in [0.5, 0.6) is 0 Å². The monoisotopic (exact) mass is 417 g/mol. The van der Waals surface area contributed by atoms with Crippen LogP contribution in [0.4, 0.5) is 11.4 Å². The molecule has 0 aliphatic carbocycles. The van der Waals surface area contributed by atoms with Crippen LogP contribution in [0, 0.1) is 0 Å². The van der Waals surface area contributed by atoms with Crippen LogP contribution in [0.2, 0.25) is 0 Å². The van der Waals surface area contributed by atoms with Gasteiger partial charge in [0, 0.05) is 21.8 Å². The Hall–Kier alpha value is -3.85. The average molecular weight is 418 g/mol. The Morgan fingerprint density at radius 2 is 1.28 bits per heavy atom. The van der Waals surface area contributed by atoms with Gasteiger partial charge in [-0.05, 0) is 72.0 Å². The number of benzene rings is 4. The fourth-order valence-electron chi connectivity index (χ4n) is 4.10. The number of aryl methyl sites for hydroxylation is 2. The van der Waals surface area contributed by atoms with Crippen LogP contribution in [0.3, 0.4) is 0 Å². The molecule has 0 saturated heterocycles. The summed E-state index contributed by atoms with van der Waals surface area (Å²) in [5.74, 6) is 0. The van der Waals surface area contributed by atoms with Crippen LogP contribution < -0.4 is 5.01 Å². The molecule has 0 aliphatic heterocycles. The van der Waals surface area contributed by atoms with Crippen molar-refractivity contribution >= 4 is 39.4 Å². The van der Waals surface area contributed by atoms with E-state index in [1.165, 1.54) is 21.9 Å². The quantitative estimate of drug-likeness (QED) is 0.224. The lowest BCUT2D eigenvalue weighted by Gasteiger charge is -2.20. The Morgan fingerprint density at radius 1 is 0.688 bits per heavy atom. The smallest absolute Gasteiger partial charge is 0.0652 e. The molecular formula is C29H27N3. The Labute approximate surface area is 189 Å². The highest BCUT2D eigenvalue weighted by molar-refractivity contribution is 6.08. The molecule has 5 rings (SSSR count). The number of aromatic amines is 1. The molecule has 158 valence electrons. The van der Waals surface area contributed by atoms with Crippen molar-refractivity contribution in [1.82, 2.24) is 4.98 Å². The molecule has 1 heterocycles. The molecule has 5 aromatic rings. The van der Waals surface area contributed by atoms with E-state index in [0.29, 0.717) is 0 Å². The summed E-state index contributed by atoms with van der Waals surface area (Å²) in [5.41, 5.74) is 8.12. The number of aromatic nitrogens is 1. The molecule has 0 fully saturated rings. The van der Waals surface area contributed by atoms with E-state index in [1.54, 1.807) is 0 Å². The third-order valence-electron chi connectivity index (χ3n) is 6.03. The first-order valence-corrected chi connectivity index (χ1v) is 11.3. The van der Waals surface area contributed by atoms with E-state index in [1.807, 2.05) is 11.2 Å². The molecule has 1 aromatic heterocycles. The zero-order valence-electron chi connectivity index (χ0n) is 18.5. The normalized spacial score (nSPS) is 11.6. The first-order chi connectivity index (χ1) is 15.7. The number of nitrogens with one attached hydrogen (secondary N) is 1. The van der Waals surface area contributed by atoms with Gasteiger partial charge < -0.3 is 4.98 Å². The number of H-pyrrole nitrogens is 1. The maximum atomic E-state index is 4.91. The molecule has 4 aromatic carbocycles. The van der Waals surface area contributed by atoms with Gasteiger partial charge in [-0.1, -0.05) is 62.4 Å². The molecule has 3 nitrogen and oxygen atoms in total. The van der Waals surface area contributed by atoms with Crippen molar-refractivity contribution < 1.29 is 0 Å². The van der Waals surface area contributed by atoms with E-state index in [4.69, 9.17) is 5.10 Å². The minimum atomic E-state index is 1.03. The van der Waals surface area contributed by atoms with Crippen molar-refractivity contribution in [1.29, 1.82) is 0 Å². The molecule has 0 spiro atoms. The molecule has 0 unspecified atom stereocenters. The van der Waals surface area contributed by atoms with Crippen molar-refractivity contribution in [2.45, 2.75) is 26.7 Å². The maximum absolute atomic E-state index is 4.91. The number of anilines is 2. The summed E-state index contributed by atoms with van der Waals surface area (Å²) < 4.78 is 0. The number of para-hydroxylation sites is 1. The predicted octanol–water partition coefficient (Wildman–Crippen LogP) is 7.62. The SMILES string of the molecule is CCc1ccc(N(N=Cc2ccc3[nH]c4ccccc4c3c2)c2ccc(CC)cc2)cc1. The molecule has 32 heavy (non-hydrogen) atoms. The second-order valence-electron chi connectivity index (χ2n) is 8.07. The van der Waals surface area contributed by atoms with Gasteiger partial charge in [-0.3, -0.25) is 0 Å². The highest BCUT2D eigenvalue weighted by Gasteiger charge is 2.09. The molecule has 0 amide bonds. The number of rotatable bonds is 6. The van der Waals surface area contributed by atoms with Gasteiger partial charge in [0.2, 0.25) is 0 Å². The molecule has 3 heteroatoms. The fourth-order valence-corrected chi connectivity index (χ4v) is 4.10. The molecule has 0 radical (unpaired) electrons. The van der Waals surface area contributed by atoms with Gasteiger partial charge in [-0.15, -0.1) is 0 Å². The predicted molar refractivity (Wildman–Crippen MR) is 137 cm³/mol. The summed E-state index contributed by atoms with van der Waals surface area (Å²) in [7, 11) is 0. The van der Waals surface area contributed by atoms with Gasteiger partial charge in [0.1, 0.15) is 0 Å². The van der Waals surface area contributed by atoms with Crippen molar-refractivity contribution in [3.8, 4) is 0 Å². The highest BCUT2D eigenvalue weighted by atomic mass is 15.5. The lowest BCUT2D eigenvalue weighted by Crippen LogP contribution is -2.09. The van der Waals surface area contributed by atoms with Gasteiger partial charge in [-0.2, -0.15) is 5.10 Å². The van der Waals surface area contributed by atoms with Gasteiger partial charge in [0.25, 0.3) is 0 Å². The lowest BCUT2D eigenvalue weighted by molar-refractivity contribution is 1.07. The molecule has 0 bridgehead atoms. The van der Waals surface area contributed by atoms with E-state index in [0.717, 1.165) is 40.8 Å². The van der Waals surface area contributed by atoms with E-state index in [-0.39, 0.29) is 0 Å². The van der Waals surface area contributed by atoms with E-state index in [9.17, 15) is 0 Å². The van der Waals surface area contributed by atoms with Gasteiger partial charge in [-0.25, -0.2) is 5.01 Å². The summed E-state index contributed by atoms with van der Waals surface area (Å²) in [4.78, 5) is 3.49. The molecule has 0 aliphatic rings. The van der Waals surface area contributed by atoms with Crippen molar-refractivity contribution in [3.05, 3.63) is 108 Å². The summed E-state index contributed by atoms with van der Waals surface area (Å²) >= 11 is 0. The third kappa shape index (κ3) is 3.90. The largest absolute Gasteiger partial charge is 0.355 e. The first kappa shape index (κ1) is 20.1.